The van der Waals surface area contributed by atoms with Gasteiger partial charge in [0, 0.05) is 19.6 Å². The second kappa shape index (κ2) is 5.13. The average molecular weight is 196 g/mol. The van der Waals surface area contributed by atoms with Gasteiger partial charge >= 0.3 is 0 Å². The SMILES string of the molecule is CN(CCNCC1CC1)CC1CCC1. The Kier molecular flexibility index (Phi) is 3.82. The lowest BCUT2D eigenvalue weighted by Crippen LogP contribution is -2.35. The summed E-state index contributed by atoms with van der Waals surface area (Å²) in [6.07, 6.45) is 7.34. The van der Waals surface area contributed by atoms with E-state index in [4.69, 9.17) is 0 Å². The molecule has 0 radical (unpaired) electrons. The predicted molar refractivity (Wildman–Crippen MR) is 60.4 cm³/mol. The highest BCUT2D eigenvalue weighted by molar-refractivity contribution is 4.76. The van der Waals surface area contributed by atoms with Crippen LogP contribution in [0.2, 0.25) is 0 Å². The highest BCUT2D eigenvalue weighted by Gasteiger charge is 2.20. The molecule has 0 amide bonds. The summed E-state index contributed by atoms with van der Waals surface area (Å²) in [5, 5.41) is 3.55. The molecule has 2 rings (SSSR count). The lowest BCUT2D eigenvalue weighted by molar-refractivity contribution is 0.205. The zero-order chi connectivity index (χ0) is 9.80. The van der Waals surface area contributed by atoms with E-state index in [0.717, 1.165) is 11.8 Å². The zero-order valence-corrected chi connectivity index (χ0v) is 9.47. The summed E-state index contributed by atoms with van der Waals surface area (Å²) in [6, 6.07) is 0. The minimum atomic E-state index is 1.02. The van der Waals surface area contributed by atoms with Gasteiger partial charge in [0.15, 0.2) is 0 Å². The topological polar surface area (TPSA) is 15.3 Å². The van der Waals surface area contributed by atoms with E-state index in [-0.39, 0.29) is 0 Å². The first-order chi connectivity index (χ1) is 6.84. The highest BCUT2D eigenvalue weighted by Crippen LogP contribution is 2.27. The summed E-state index contributed by atoms with van der Waals surface area (Å²) in [4.78, 5) is 2.49. The Morgan fingerprint density at radius 1 is 1.14 bits per heavy atom. The van der Waals surface area contributed by atoms with Crippen molar-refractivity contribution < 1.29 is 0 Å². The quantitative estimate of drug-likeness (QED) is 0.624. The van der Waals surface area contributed by atoms with E-state index < -0.39 is 0 Å². The molecule has 0 aromatic heterocycles. The van der Waals surface area contributed by atoms with Crippen LogP contribution in [0, 0.1) is 11.8 Å². The first-order valence-corrected chi connectivity index (χ1v) is 6.24. The molecule has 0 spiro atoms. The molecule has 1 N–H and O–H groups in total. The zero-order valence-electron chi connectivity index (χ0n) is 9.47. The van der Waals surface area contributed by atoms with Crippen LogP contribution in [0.4, 0.5) is 0 Å². The minimum Gasteiger partial charge on any atom is -0.315 e. The molecule has 2 nitrogen and oxygen atoms in total. The van der Waals surface area contributed by atoms with Gasteiger partial charge in [-0.05, 0) is 51.1 Å². The molecule has 82 valence electrons. The summed E-state index contributed by atoms with van der Waals surface area (Å²) < 4.78 is 0. The van der Waals surface area contributed by atoms with Crippen LogP contribution in [-0.4, -0.2) is 38.1 Å². The standard InChI is InChI=1S/C12H24N2/c1-14(10-12-3-2-4-12)8-7-13-9-11-5-6-11/h11-13H,2-10H2,1H3. The largest absolute Gasteiger partial charge is 0.315 e. The Labute approximate surface area is 88.1 Å². The number of likely N-dealkylation sites (N-methyl/N-ethyl adjacent to an activating group) is 1. The van der Waals surface area contributed by atoms with E-state index in [0.29, 0.717) is 0 Å². The average Bonchev–Trinajstić information content (AvgIpc) is 2.89. The molecule has 0 saturated heterocycles. The Balaban J connectivity index is 1.42. The van der Waals surface area contributed by atoms with Gasteiger partial charge < -0.3 is 10.2 Å². The third-order valence-electron chi connectivity index (χ3n) is 3.59. The molecule has 0 atom stereocenters. The molecule has 2 aliphatic carbocycles. The number of nitrogens with one attached hydrogen (secondary N) is 1. The molecule has 2 aliphatic rings. The first-order valence-electron chi connectivity index (χ1n) is 6.24. The van der Waals surface area contributed by atoms with Gasteiger partial charge in [-0.15, -0.1) is 0 Å². The Bertz CT molecular complexity index is 162. The van der Waals surface area contributed by atoms with Crippen molar-refractivity contribution in [2.24, 2.45) is 11.8 Å². The van der Waals surface area contributed by atoms with Crippen molar-refractivity contribution in [1.82, 2.24) is 10.2 Å². The fourth-order valence-corrected chi connectivity index (χ4v) is 2.11. The van der Waals surface area contributed by atoms with Gasteiger partial charge in [0.25, 0.3) is 0 Å². The van der Waals surface area contributed by atoms with Crippen molar-refractivity contribution in [3.05, 3.63) is 0 Å². The second-order valence-electron chi connectivity index (χ2n) is 5.21. The molecule has 0 aliphatic heterocycles. The van der Waals surface area contributed by atoms with Crippen molar-refractivity contribution in [3.8, 4) is 0 Å². The number of hydrogen-bond donors (Lipinski definition) is 1. The molecule has 2 fully saturated rings. The number of hydrogen-bond acceptors (Lipinski definition) is 2. The van der Waals surface area contributed by atoms with Crippen LogP contribution in [0.5, 0.6) is 0 Å². The molecule has 2 heteroatoms. The lowest BCUT2D eigenvalue weighted by Gasteiger charge is -2.30. The van der Waals surface area contributed by atoms with Crippen LogP contribution >= 0.6 is 0 Å². The van der Waals surface area contributed by atoms with E-state index >= 15 is 0 Å². The summed E-state index contributed by atoms with van der Waals surface area (Å²) in [5.74, 6) is 2.04. The molecule has 2 saturated carbocycles. The lowest BCUT2D eigenvalue weighted by atomic mass is 9.85. The summed E-state index contributed by atoms with van der Waals surface area (Å²) in [6.45, 7) is 4.99. The maximum absolute atomic E-state index is 3.55. The molecule has 0 aromatic rings. The smallest absolute Gasteiger partial charge is 0.0104 e. The van der Waals surface area contributed by atoms with Crippen molar-refractivity contribution in [2.45, 2.75) is 32.1 Å². The maximum atomic E-state index is 3.55. The fraction of sp³-hybridized carbons (Fsp3) is 1.00. The monoisotopic (exact) mass is 196 g/mol. The van der Waals surface area contributed by atoms with Crippen LogP contribution in [0.25, 0.3) is 0 Å². The number of nitrogens with zero attached hydrogens (tertiary/aromatic N) is 1. The molecule has 0 heterocycles. The Morgan fingerprint density at radius 2 is 1.93 bits per heavy atom. The molecule has 0 unspecified atom stereocenters. The highest BCUT2D eigenvalue weighted by atomic mass is 15.1. The summed E-state index contributed by atoms with van der Waals surface area (Å²) >= 11 is 0. The van der Waals surface area contributed by atoms with Crippen molar-refractivity contribution in [2.75, 3.05) is 33.2 Å². The Morgan fingerprint density at radius 3 is 2.50 bits per heavy atom. The summed E-state index contributed by atoms with van der Waals surface area (Å²) in [5.41, 5.74) is 0. The van der Waals surface area contributed by atoms with E-state index in [1.165, 1.54) is 58.3 Å². The van der Waals surface area contributed by atoms with E-state index in [1.54, 1.807) is 0 Å². The molecule has 14 heavy (non-hydrogen) atoms. The van der Waals surface area contributed by atoms with Crippen molar-refractivity contribution in [3.63, 3.8) is 0 Å². The summed E-state index contributed by atoms with van der Waals surface area (Å²) in [7, 11) is 2.26. The predicted octanol–water partition coefficient (Wildman–Crippen LogP) is 1.72. The van der Waals surface area contributed by atoms with Crippen LogP contribution in [0.15, 0.2) is 0 Å². The van der Waals surface area contributed by atoms with Crippen LogP contribution in [-0.2, 0) is 0 Å². The number of rotatable bonds is 7. The second-order valence-corrected chi connectivity index (χ2v) is 5.21. The fourth-order valence-electron chi connectivity index (χ4n) is 2.11. The molecule has 0 aromatic carbocycles. The van der Waals surface area contributed by atoms with Crippen LogP contribution < -0.4 is 5.32 Å². The van der Waals surface area contributed by atoms with Gasteiger partial charge in [0.2, 0.25) is 0 Å². The first kappa shape index (κ1) is 10.4. The maximum Gasteiger partial charge on any atom is 0.0104 e. The normalized spacial score (nSPS) is 22.7. The third kappa shape index (κ3) is 3.58. The van der Waals surface area contributed by atoms with E-state index in [9.17, 15) is 0 Å². The van der Waals surface area contributed by atoms with Crippen molar-refractivity contribution >= 4 is 0 Å². The van der Waals surface area contributed by atoms with Crippen LogP contribution in [0.3, 0.4) is 0 Å². The van der Waals surface area contributed by atoms with Gasteiger partial charge in [-0.25, -0.2) is 0 Å². The van der Waals surface area contributed by atoms with Gasteiger partial charge in [0.05, 0.1) is 0 Å². The molecular weight excluding hydrogens is 172 g/mol. The van der Waals surface area contributed by atoms with Gasteiger partial charge in [-0.1, -0.05) is 6.42 Å². The van der Waals surface area contributed by atoms with E-state index in [2.05, 4.69) is 17.3 Å². The molecular formula is C12H24N2. The van der Waals surface area contributed by atoms with Gasteiger partial charge in [0.1, 0.15) is 0 Å². The minimum absolute atomic E-state index is 1.02. The van der Waals surface area contributed by atoms with Crippen molar-refractivity contribution in [1.29, 1.82) is 0 Å². The van der Waals surface area contributed by atoms with E-state index in [1.807, 2.05) is 0 Å². The Hall–Kier alpha value is -0.0800. The third-order valence-corrected chi connectivity index (χ3v) is 3.59. The van der Waals surface area contributed by atoms with Gasteiger partial charge in [-0.3, -0.25) is 0 Å². The van der Waals surface area contributed by atoms with Crippen LogP contribution in [0.1, 0.15) is 32.1 Å². The van der Waals surface area contributed by atoms with Gasteiger partial charge in [-0.2, -0.15) is 0 Å². The molecule has 0 bridgehead atoms.